The largest absolute Gasteiger partial charge is 0.370 e. The zero-order chi connectivity index (χ0) is 20.0. The van der Waals surface area contributed by atoms with E-state index in [0.29, 0.717) is 25.6 Å². The minimum Gasteiger partial charge on any atom is -0.370 e. The van der Waals surface area contributed by atoms with Crippen LogP contribution in [0.4, 0.5) is 0 Å². The fourth-order valence-electron chi connectivity index (χ4n) is 3.36. The molecule has 2 heterocycles. The third kappa shape index (κ3) is 7.37. The number of morpholine rings is 1. The molecule has 0 radical (unpaired) electrons. The first-order valence-corrected chi connectivity index (χ1v) is 11.7. The minimum absolute atomic E-state index is 0. The summed E-state index contributed by atoms with van der Waals surface area (Å²) in [6.45, 7) is 5.48. The highest BCUT2D eigenvalue weighted by molar-refractivity contribution is 14.0. The number of aromatic nitrogens is 2. The molecule has 1 saturated carbocycles. The number of ether oxygens (including phenoxy) is 1. The van der Waals surface area contributed by atoms with Gasteiger partial charge in [-0.1, -0.05) is 6.42 Å². The summed E-state index contributed by atoms with van der Waals surface area (Å²) >= 11 is 0. The smallest absolute Gasteiger partial charge is 0.213 e. The molecule has 0 amide bonds. The number of rotatable bonds is 8. The lowest BCUT2D eigenvalue weighted by Gasteiger charge is -2.34. The average molecular weight is 540 g/mol. The molecule has 2 aliphatic rings. The predicted molar refractivity (Wildman–Crippen MR) is 124 cm³/mol. The standard InChI is InChI=1S/C18H32N6O3S.HI/c1-3-19-18(20-7-10-28(25,26)22-11-15-5-4-6-15)24-8-9-27-17(14-24)16-12-21-23(2)13-16;/h12-13,15,17,22H,3-11,14H2,1-2H3,(H,19,20);1H. The molecule has 1 saturated heterocycles. The van der Waals surface area contributed by atoms with Gasteiger partial charge in [0.25, 0.3) is 0 Å². The van der Waals surface area contributed by atoms with E-state index < -0.39 is 10.0 Å². The minimum atomic E-state index is -3.28. The summed E-state index contributed by atoms with van der Waals surface area (Å²) in [5.74, 6) is 1.24. The number of sulfonamides is 1. The van der Waals surface area contributed by atoms with Crippen molar-refractivity contribution in [2.45, 2.75) is 32.3 Å². The van der Waals surface area contributed by atoms with Crippen molar-refractivity contribution in [1.82, 2.24) is 24.7 Å². The van der Waals surface area contributed by atoms with Gasteiger partial charge in [0.2, 0.25) is 10.0 Å². The topological polar surface area (TPSA) is 101 Å². The molecule has 9 nitrogen and oxygen atoms in total. The van der Waals surface area contributed by atoms with Gasteiger partial charge in [0.05, 0.1) is 31.6 Å². The van der Waals surface area contributed by atoms with Crippen molar-refractivity contribution in [1.29, 1.82) is 0 Å². The molecule has 2 N–H and O–H groups in total. The number of halogens is 1. The molecule has 0 spiro atoms. The molecule has 29 heavy (non-hydrogen) atoms. The number of nitrogens with one attached hydrogen (secondary N) is 2. The molecule has 0 aromatic carbocycles. The van der Waals surface area contributed by atoms with E-state index in [1.54, 1.807) is 4.68 Å². The molecule has 1 aliphatic heterocycles. The van der Waals surface area contributed by atoms with Crippen molar-refractivity contribution < 1.29 is 13.2 Å². The van der Waals surface area contributed by atoms with Gasteiger partial charge in [0, 0.05) is 38.4 Å². The maximum absolute atomic E-state index is 12.2. The number of aryl methyl sites for hydroxylation is 1. The lowest BCUT2D eigenvalue weighted by molar-refractivity contribution is -0.00802. The van der Waals surface area contributed by atoms with Crippen molar-refractivity contribution in [2.24, 2.45) is 18.0 Å². The van der Waals surface area contributed by atoms with E-state index in [2.05, 4.69) is 25.0 Å². The summed E-state index contributed by atoms with van der Waals surface area (Å²) in [6.07, 6.45) is 7.17. The fourth-order valence-corrected chi connectivity index (χ4v) is 4.33. The molecule has 1 atom stereocenters. The molecule has 2 fully saturated rings. The highest BCUT2D eigenvalue weighted by atomic mass is 127. The van der Waals surface area contributed by atoms with E-state index in [1.165, 1.54) is 6.42 Å². The van der Waals surface area contributed by atoms with Crippen LogP contribution in [0.3, 0.4) is 0 Å². The monoisotopic (exact) mass is 540 g/mol. The molecular weight excluding hydrogens is 507 g/mol. The van der Waals surface area contributed by atoms with E-state index >= 15 is 0 Å². The van der Waals surface area contributed by atoms with E-state index in [1.807, 2.05) is 26.4 Å². The number of guanidine groups is 1. The zero-order valence-electron chi connectivity index (χ0n) is 17.2. The van der Waals surface area contributed by atoms with Gasteiger partial charge in [-0.15, -0.1) is 24.0 Å². The van der Waals surface area contributed by atoms with Crippen LogP contribution in [0, 0.1) is 5.92 Å². The number of hydrogen-bond donors (Lipinski definition) is 2. The summed E-state index contributed by atoms with van der Waals surface area (Å²) in [4.78, 5) is 6.68. The summed E-state index contributed by atoms with van der Waals surface area (Å²) in [6, 6.07) is 0. The zero-order valence-corrected chi connectivity index (χ0v) is 20.4. The highest BCUT2D eigenvalue weighted by Crippen LogP contribution is 2.25. The molecule has 11 heteroatoms. The maximum atomic E-state index is 12.2. The molecule has 1 aromatic heterocycles. The van der Waals surface area contributed by atoms with Crippen LogP contribution in [0.1, 0.15) is 37.9 Å². The van der Waals surface area contributed by atoms with Crippen molar-refractivity contribution >= 4 is 40.0 Å². The van der Waals surface area contributed by atoms with Crippen LogP contribution in [0.15, 0.2) is 17.4 Å². The van der Waals surface area contributed by atoms with Crippen LogP contribution in [-0.4, -0.2) is 74.1 Å². The van der Waals surface area contributed by atoms with Crippen molar-refractivity contribution in [3.8, 4) is 0 Å². The van der Waals surface area contributed by atoms with E-state index in [9.17, 15) is 8.42 Å². The van der Waals surface area contributed by atoms with E-state index in [-0.39, 0.29) is 42.4 Å². The fraction of sp³-hybridized carbons (Fsp3) is 0.778. The maximum Gasteiger partial charge on any atom is 0.213 e. The average Bonchev–Trinajstić information content (AvgIpc) is 3.06. The van der Waals surface area contributed by atoms with Crippen LogP contribution in [0.5, 0.6) is 0 Å². The van der Waals surface area contributed by atoms with Crippen LogP contribution in [0.25, 0.3) is 0 Å². The second kappa shape index (κ2) is 11.5. The van der Waals surface area contributed by atoms with Gasteiger partial charge in [-0.25, -0.2) is 13.1 Å². The summed E-state index contributed by atoms with van der Waals surface area (Å²) < 4.78 is 34.7. The second-order valence-corrected chi connectivity index (χ2v) is 9.38. The van der Waals surface area contributed by atoms with Crippen LogP contribution in [0.2, 0.25) is 0 Å². The second-order valence-electron chi connectivity index (χ2n) is 7.45. The molecule has 0 bridgehead atoms. The summed E-state index contributed by atoms with van der Waals surface area (Å²) in [5, 5.41) is 7.48. The lowest BCUT2D eigenvalue weighted by atomic mass is 9.86. The van der Waals surface area contributed by atoms with Gasteiger partial charge in [0.15, 0.2) is 5.96 Å². The Kier molecular flexibility index (Phi) is 9.63. The third-order valence-corrected chi connectivity index (χ3v) is 6.56. The molecule has 166 valence electrons. The highest BCUT2D eigenvalue weighted by Gasteiger charge is 2.25. The first kappa shape index (κ1) is 24.4. The van der Waals surface area contributed by atoms with Gasteiger partial charge >= 0.3 is 0 Å². The molecule has 3 rings (SSSR count). The van der Waals surface area contributed by atoms with Gasteiger partial charge in [0.1, 0.15) is 6.10 Å². The molecule has 1 unspecified atom stereocenters. The van der Waals surface area contributed by atoms with E-state index in [4.69, 9.17) is 4.74 Å². The Balaban J connectivity index is 0.00000300. The molecule has 1 aliphatic carbocycles. The Hall–Kier alpha value is -0.920. The Morgan fingerprint density at radius 3 is 2.83 bits per heavy atom. The Morgan fingerprint density at radius 2 is 2.21 bits per heavy atom. The van der Waals surface area contributed by atoms with Gasteiger partial charge in [-0.3, -0.25) is 9.67 Å². The van der Waals surface area contributed by atoms with Crippen molar-refractivity contribution in [2.75, 3.05) is 45.1 Å². The van der Waals surface area contributed by atoms with Crippen molar-refractivity contribution in [3.63, 3.8) is 0 Å². The number of hydrogen-bond acceptors (Lipinski definition) is 5. The predicted octanol–water partition coefficient (Wildman–Crippen LogP) is 1.10. The molecular formula is C18H33IN6O3S. The Labute approximate surface area is 190 Å². The third-order valence-electron chi connectivity index (χ3n) is 5.24. The Bertz CT molecular complexity index is 765. The summed E-state index contributed by atoms with van der Waals surface area (Å²) in [7, 11) is -1.40. The van der Waals surface area contributed by atoms with Crippen LogP contribution < -0.4 is 10.0 Å². The van der Waals surface area contributed by atoms with E-state index in [0.717, 1.165) is 37.5 Å². The van der Waals surface area contributed by atoms with Gasteiger partial charge in [-0.05, 0) is 25.7 Å². The quantitative estimate of drug-likeness (QED) is 0.291. The normalized spacial score (nSPS) is 20.8. The number of aliphatic imine (C=N–C) groups is 1. The SMILES string of the molecule is CCNC(=NCCS(=O)(=O)NCC1CCC1)N1CCOC(c2cnn(C)c2)C1.I. The molecule has 1 aromatic rings. The lowest BCUT2D eigenvalue weighted by Crippen LogP contribution is -2.48. The van der Waals surface area contributed by atoms with Crippen LogP contribution >= 0.6 is 24.0 Å². The van der Waals surface area contributed by atoms with Crippen LogP contribution in [-0.2, 0) is 21.8 Å². The van der Waals surface area contributed by atoms with Gasteiger partial charge < -0.3 is 15.0 Å². The van der Waals surface area contributed by atoms with Gasteiger partial charge in [-0.2, -0.15) is 5.10 Å². The summed E-state index contributed by atoms with van der Waals surface area (Å²) in [5.41, 5.74) is 1.03. The Morgan fingerprint density at radius 1 is 1.41 bits per heavy atom. The van der Waals surface area contributed by atoms with Crippen molar-refractivity contribution in [3.05, 3.63) is 18.0 Å². The first-order valence-electron chi connectivity index (χ1n) is 10.1. The first-order chi connectivity index (χ1) is 13.5. The number of nitrogens with zero attached hydrogens (tertiary/aromatic N) is 4.